The summed E-state index contributed by atoms with van der Waals surface area (Å²) in [7, 11) is 0. The zero-order chi connectivity index (χ0) is 3.58. The van der Waals surface area contributed by atoms with Crippen molar-refractivity contribution in [2.24, 2.45) is 0 Å². The maximum absolute atomic E-state index is 9.00. The van der Waals surface area contributed by atoms with E-state index >= 15 is 0 Å². The maximum Gasteiger partial charge on any atom is 2.00 e. The van der Waals surface area contributed by atoms with Crippen LogP contribution in [0.1, 0.15) is 12.6 Å². The molecule has 0 aromatic heterocycles. The average molecular weight is 113 g/mol. The van der Waals surface area contributed by atoms with Gasteiger partial charge in [-0.2, -0.15) is 0 Å². The van der Waals surface area contributed by atoms with Crippen molar-refractivity contribution < 1.29 is 15.6 Å². The van der Waals surface area contributed by atoms with Crippen LogP contribution in [-0.2, 0) is 4.79 Å². The number of hydrogen-bond acceptors (Lipinski definition) is 1. The molecule has 32 valence electrons. The van der Waals surface area contributed by atoms with Crippen LogP contribution >= 0.6 is 0 Å². The molecule has 0 radical (unpaired) electrons. The van der Waals surface area contributed by atoms with Crippen molar-refractivity contribution in [2.45, 2.75) is 6.92 Å². The monoisotopic (exact) mass is 112 g/mol. The minimum absolute atomic E-state index is 0. The largest absolute Gasteiger partial charge is 2.00 e. The summed E-state index contributed by atoms with van der Waals surface area (Å²) in [6, 6.07) is 0. The third kappa shape index (κ3) is 79.7. The Labute approximate surface area is 74.5 Å². The fraction of sp³-hybridized carbons (Fsp3) is 0.500. The van der Waals surface area contributed by atoms with Gasteiger partial charge >= 0.3 is 46.1 Å². The van der Waals surface area contributed by atoms with Gasteiger partial charge in [0.2, 0.25) is 0 Å². The van der Waals surface area contributed by atoms with E-state index in [1.165, 1.54) is 0 Å². The zero-order valence-corrected chi connectivity index (χ0v) is 6.60. The fourth-order valence-electron chi connectivity index (χ4n) is 0. The molecule has 0 aliphatic heterocycles. The fourth-order valence-corrected chi connectivity index (χ4v) is 0. The summed E-state index contributed by atoms with van der Waals surface area (Å²) >= 11 is 0. The average Bonchev–Trinajstić information content (AvgIpc) is 0.811. The topological polar surface area (TPSA) is 37.3 Å². The molecule has 0 spiro atoms. The number of carbonyl (C=O) groups is 1. The summed E-state index contributed by atoms with van der Waals surface area (Å²) in [4.78, 5) is 9.00. The van der Waals surface area contributed by atoms with Crippen LogP contribution in [-0.4, -0.2) is 57.2 Å². The van der Waals surface area contributed by atoms with Crippen molar-refractivity contribution in [1.29, 1.82) is 0 Å². The Morgan fingerprint density at radius 2 is 1.67 bits per heavy atom. The van der Waals surface area contributed by atoms with E-state index in [1.54, 1.807) is 0 Å². The molecule has 0 aromatic carbocycles. The molecule has 0 bridgehead atoms. The molecule has 0 saturated carbocycles. The van der Waals surface area contributed by atoms with Gasteiger partial charge in [0, 0.05) is 6.92 Å². The molecule has 0 aliphatic rings. The number of rotatable bonds is 0. The Morgan fingerprint density at radius 1 is 1.67 bits per heavy atom. The second kappa shape index (κ2) is 9.38. The van der Waals surface area contributed by atoms with Crippen LogP contribution in [0.25, 0.3) is 0 Å². The van der Waals surface area contributed by atoms with Crippen LogP contribution in [0.3, 0.4) is 0 Å². The van der Waals surface area contributed by atoms with E-state index in [1.807, 2.05) is 0 Å². The van der Waals surface area contributed by atoms with Gasteiger partial charge in [-0.25, -0.2) is 0 Å². The summed E-state index contributed by atoms with van der Waals surface area (Å²) in [5.74, 6) is -0.833. The van der Waals surface area contributed by atoms with Crippen molar-refractivity contribution in [3.8, 4) is 0 Å². The summed E-state index contributed by atoms with van der Waals surface area (Å²) < 4.78 is 0. The third-order valence-electron chi connectivity index (χ3n) is 0. The SMILES string of the molecule is CC(=O)O.[H-].[H-].[H-].[H-].[Mg+2].[Mg+2]. The first-order valence-electron chi connectivity index (χ1n) is 0.928. The van der Waals surface area contributed by atoms with Gasteiger partial charge in [0.15, 0.2) is 0 Å². The van der Waals surface area contributed by atoms with Crippen molar-refractivity contribution in [1.82, 2.24) is 0 Å². The number of aliphatic carboxylic acids is 1. The Balaban J connectivity index is -0.00000000300. The number of carboxylic acid groups (broad SMARTS) is 1. The first-order chi connectivity index (χ1) is 1.73. The van der Waals surface area contributed by atoms with Crippen molar-refractivity contribution in [2.75, 3.05) is 0 Å². The smallest absolute Gasteiger partial charge is 1.00 e. The molecule has 0 rings (SSSR count). The Morgan fingerprint density at radius 3 is 1.67 bits per heavy atom. The predicted octanol–water partition coefficient (Wildman–Crippen LogP) is -0.221. The predicted molar refractivity (Wildman–Crippen MR) is 29.3 cm³/mol. The van der Waals surface area contributed by atoms with Crippen LogP contribution in [0.15, 0.2) is 0 Å². The molecule has 0 fully saturated rings. The van der Waals surface area contributed by atoms with Crippen molar-refractivity contribution >= 4 is 52.1 Å². The molecule has 0 amide bonds. The second-order valence-corrected chi connectivity index (χ2v) is 0.519. The minimum Gasteiger partial charge on any atom is -1.00 e. The van der Waals surface area contributed by atoms with E-state index in [2.05, 4.69) is 0 Å². The molecule has 0 atom stereocenters. The van der Waals surface area contributed by atoms with Crippen LogP contribution in [0.4, 0.5) is 0 Å². The van der Waals surface area contributed by atoms with E-state index in [0.29, 0.717) is 0 Å². The maximum atomic E-state index is 9.00. The number of hydrogen-bond donors (Lipinski definition) is 1. The standard InChI is InChI=1S/C2H4O2.2Mg.4H/c1-2(3)4;;;;;;/h1H3,(H,3,4);;;;;;/q;2*+2;4*-1. The molecule has 2 nitrogen and oxygen atoms in total. The Bertz CT molecular complexity index is 42.2. The van der Waals surface area contributed by atoms with Gasteiger partial charge < -0.3 is 10.8 Å². The number of carboxylic acids is 1. The van der Waals surface area contributed by atoms with Crippen LogP contribution < -0.4 is 0 Å². The van der Waals surface area contributed by atoms with E-state index in [0.717, 1.165) is 6.92 Å². The quantitative estimate of drug-likeness (QED) is 0.440. The zero-order valence-electron chi connectivity index (χ0n) is 7.77. The van der Waals surface area contributed by atoms with Gasteiger partial charge in [0.05, 0.1) is 0 Å². The van der Waals surface area contributed by atoms with Crippen molar-refractivity contribution in [3.63, 3.8) is 0 Å². The van der Waals surface area contributed by atoms with Crippen LogP contribution in [0.5, 0.6) is 0 Å². The molecule has 0 unspecified atom stereocenters. The van der Waals surface area contributed by atoms with E-state index in [9.17, 15) is 0 Å². The van der Waals surface area contributed by atoms with Gasteiger partial charge in [-0.3, -0.25) is 4.79 Å². The summed E-state index contributed by atoms with van der Waals surface area (Å²) in [5, 5.41) is 7.42. The third-order valence-corrected chi connectivity index (χ3v) is 0. The van der Waals surface area contributed by atoms with Gasteiger partial charge in [-0.05, 0) is 0 Å². The molecule has 0 saturated heterocycles. The Kier molecular flexibility index (Phi) is 24.6. The molecule has 4 heteroatoms. The van der Waals surface area contributed by atoms with E-state index < -0.39 is 5.97 Å². The molecule has 1 N–H and O–H groups in total. The Hall–Kier alpha value is 1.00. The molecular weight excluding hydrogens is 105 g/mol. The molecular formula is C2H8Mg2O2. The second-order valence-electron chi connectivity index (χ2n) is 0.519. The van der Waals surface area contributed by atoms with Gasteiger partial charge in [0.25, 0.3) is 5.97 Å². The first kappa shape index (κ1) is 15.7. The molecule has 0 heterocycles. The van der Waals surface area contributed by atoms with Crippen LogP contribution in [0, 0.1) is 0 Å². The van der Waals surface area contributed by atoms with Gasteiger partial charge in [0.1, 0.15) is 0 Å². The normalized spacial score (nSPS) is 4.17. The van der Waals surface area contributed by atoms with E-state index in [4.69, 9.17) is 9.90 Å². The molecule has 0 aromatic rings. The first-order valence-corrected chi connectivity index (χ1v) is 0.928. The van der Waals surface area contributed by atoms with E-state index in [-0.39, 0.29) is 51.8 Å². The summed E-state index contributed by atoms with van der Waals surface area (Å²) in [6.45, 7) is 1.08. The van der Waals surface area contributed by atoms with Crippen molar-refractivity contribution in [3.05, 3.63) is 0 Å². The summed E-state index contributed by atoms with van der Waals surface area (Å²) in [5.41, 5.74) is 0. The van der Waals surface area contributed by atoms with Gasteiger partial charge in [-0.15, -0.1) is 0 Å². The summed E-state index contributed by atoms with van der Waals surface area (Å²) in [6.07, 6.45) is 0. The minimum atomic E-state index is -0.833. The molecule has 6 heavy (non-hydrogen) atoms. The van der Waals surface area contributed by atoms with Crippen LogP contribution in [0.2, 0.25) is 0 Å². The van der Waals surface area contributed by atoms with Gasteiger partial charge in [-0.1, -0.05) is 0 Å². The molecule has 0 aliphatic carbocycles.